The Morgan fingerprint density at radius 1 is 1.16 bits per heavy atom. The van der Waals surface area contributed by atoms with Gasteiger partial charge in [-0.15, -0.1) is 0 Å². The predicted molar refractivity (Wildman–Crippen MR) is 117 cm³/mol. The molecule has 2 aromatic carbocycles. The summed E-state index contributed by atoms with van der Waals surface area (Å²) in [7, 11) is -2.28. The topological polar surface area (TPSA) is 93.1 Å². The van der Waals surface area contributed by atoms with E-state index in [1.807, 2.05) is 24.3 Å². The molecule has 1 fully saturated rings. The maximum atomic E-state index is 13.6. The number of rotatable bonds is 5. The Bertz CT molecular complexity index is 1280. The molecule has 0 bridgehead atoms. The second-order valence-corrected chi connectivity index (χ2v) is 9.53. The molecule has 0 aliphatic carbocycles. The molecule has 0 amide bonds. The van der Waals surface area contributed by atoms with Gasteiger partial charge >= 0.3 is 0 Å². The van der Waals surface area contributed by atoms with Crippen molar-refractivity contribution in [2.45, 2.75) is 23.7 Å². The minimum Gasteiger partial charge on any atom is -0.495 e. The van der Waals surface area contributed by atoms with Crippen molar-refractivity contribution in [2.24, 2.45) is 0 Å². The summed E-state index contributed by atoms with van der Waals surface area (Å²) >= 11 is 0. The fourth-order valence-electron chi connectivity index (χ4n) is 4.12. The number of imidazole rings is 1. The standard InChI is InChI=1S/C22H23N5O3S/c1-30-20-10-9-17(27-13-5-11-23-27)14-21(20)31(28,29)26-12-4-6-16(15-26)22-24-18-7-2-3-8-19(18)25-22/h2-3,5,7-11,13-14,16H,4,6,12,15H2,1H3,(H,24,25). The number of aromatic nitrogens is 4. The monoisotopic (exact) mass is 437 g/mol. The van der Waals surface area contributed by atoms with Crippen LogP contribution in [-0.2, 0) is 10.0 Å². The number of nitrogens with one attached hydrogen (secondary N) is 1. The Morgan fingerprint density at radius 3 is 2.81 bits per heavy atom. The number of methoxy groups -OCH3 is 1. The van der Waals surface area contributed by atoms with Crippen molar-refractivity contribution in [3.63, 3.8) is 0 Å². The van der Waals surface area contributed by atoms with Gasteiger partial charge in [0, 0.05) is 31.4 Å². The molecule has 31 heavy (non-hydrogen) atoms. The van der Waals surface area contributed by atoms with Gasteiger partial charge in [0.2, 0.25) is 10.0 Å². The summed E-state index contributed by atoms with van der Waals surface area (Å²) in [6, 6.07) is 14.7. The number of hydrogen-bond donors (Lipinski definition) is 1. The average Bonchev–Trinajstić information content (AvgIpc) is 3.49. The summed E-state index contributed by atoms with van der Waals surface area (Å²) in [5.41, 5.74) is 2.52. The van der Waals surface area contributed by atoms with Crippen molar-refractivity contribution < 1.29 is 13.2 Å². The highest BCUT2D eigenvalue weighted by molar-refractivity contribution is 7.89. The number of aromatic amines is 1. The highest BCUT2D eigenvalue weighted by Crippen LogP contribution is 2.34. The summed E-state index contributed by atoms with van der Waals surface area (Å²) in [4.78, 5) is 8.20. The first kappa shape index (κ1) is 19.8. The van der Waals surface area contributed by atoms with Crippen LogP contribution in [-0.4, -0.2) is 52.7 Å². The maximum absolute atomic E-state index is 13.6. The molecule has 5 rings (SSSR count). The fraction of sp³-hybridized carbons (Fsp3) is 0.273. The van der Waals surface area contributed by atoms with E-state index >= 15 is 0 Å². The largest absolute Gasteiger partial charge is 0.495 e. The number of H-pyrrole nitrogens is 1. The van der Waals surface area contributed by atoms with E-state index in [1.54, 1.807) is 45.6 Å². The second kappa shape index (κ2) is 7.82. The number of ether oxygens (including phenoxy) is 1. The molecule has 2 aromatic heterocycles. The zero-order valence-corrected chi connectivity index (χ0v) is 17.9. The molecule has 0 radical (unpaired) electrons. The Morgan fingerprint density at radius 2 is 2.03 bits per heavy atom. The van der Waals surface area contributed by atoms with Gasteiger partial charge in [0.25, 0.3) is 0 Å². The van der Waals surface area contributed by atoms with Crippen LogP contribution in [0.1, 0.15) is 24.6 Å². The van der Waals surface area contributed by atoms with Crippen LogP contribution >= 0.6 is 0 Å². The van der Waals surface area contributed by atoms with Gasteiger partial charge in [-0.2, -0.15) is 9.40 Å². The molecule has 4 aromatic rings. The van der Waals surface area contributed by atoms with E-state index < -0.39 is 10.0 Å². The minimum absolute atomic E-state index is 0.0104. The molecule has 0 spiro atoms. The van der Waals surface area contributed by atoms with Gasteiger partial charge in [-0.25, -0.2) is 18.1 Å². The Labute approximate surface area is 180 Å². The van der Waals surface area contributed by atoms with Crippen molar-refractivity contribution in [1.82, 2.24) is 24.1 Å². The zero-order valence-electron chi connectivity index (χ0n) is 17.1. The smallest absolute Gasteiger partial charge is 0.246 e. The Hall–Kier alpha value is -3.17. The number of sulfonamides is 1. The molecule has 1 aliphatic heterocycles. The highest BCUT2D eigenvalue weighted by atomic mass is 32.2. The van der Waals surface area contributed by atoms with Crippen LogP contribution in [0.4, 0.5) is 0 Å². The number of nitrogens with zero attached hydrogens (tertiary/aromatic N) is 4. The second-order valence-electron chi connectivity index (χ2n) is 7.63. The van der Waals surface area contributed by atoms with E-state index in [2.05, 4.69) is 10.1 Å². The molecule has 0 saturated carbocycles. The normalized spacial score (nSPS) is 17.8. The lowest BCUT2D eigenvalue weighted by atomic mass is 9.99. The molecule has 9 heteroatoms. The molecular weight excluding hydrogens is 414 g/mol. The van der Waals surface area contributed by atoms with E-state index in [0.29, 0.717) is 24.5 Å². The van der Waals surface area contributed by atoms with Crippen molar-refractivity contribution in [2.75, 3.05) is 20.2 Å². The first-order chi connectivity index (χ1) is 15.1. The molecular formula is C22H23N5O3S. The van der Waals surface area contributed by atoms with Gasteiger partial charge in [0.15, 0.2) is 0 Å². The van der Waals surface area contributed by atoms with Crippen LogP contribution in [0.5, 0.6) is 5.75 Å². The van der Waals surface area contributed by atoms with Crippen molar-refractivity contribution >= 4 is 21.1 Å². The Balaban J connectivity index is 1.48. The molecule has 8 nitrogen and oxygen atoms in total. The lowest BCUT2D eigenvalue weighted by molar-refractivity contribution is 0.308. The Kier molecular flexibility index (Phi) is 4.99. The number of piperidine rings is 1. The average molecular weight is 438 g/mol. The van der Waals surface area contributed by atoms with Crippen LogP contribution in [0.25, 0.3) is 16.7 Å². The van der Waals surface area contributed by atoms with E-state index in [4.69, 9.17) is 9.72 Å². The predicted octanol–water partition coefficient (Wildman–Crippen LogP) is 3.33. The molecule has 1 N–H and O–H groups in total. The number of fused-ring (bicyclic) bond motifs is 1. The summed E-state index contributed by atoms with van der Waals surface area (Å²) in [6.45, 7) is 0.839. The maximum Gasteiger partial charge on any atom is 0.246 e. The third kappa shape index (κ3) is 3.60. The quantitative estimate of drug-likeness (QED) is 0.517. The number of para-hydroxylation sites is 2. The van der Waals surface area contributed by atoms with Gasteiger partial charge in [-0.05, 0) is 49.2 Å². The van der Waals surface area contributed by atoms with E-state index in [-0.39, 0.29) is 10.8 Å². The first-order valence-electron chi connectivity index (χ1n) is 10.2. The van der Waals surface area contributed by atoms with E-state index in [9.17, 15) is 8.42 Å². The zero-order chi connectivity index (χ0) is 21.4. The van der Waals surface area contributed by atoms with Crippen molar-refractivity contribution in [3.05, 3.63) is 66.7 Å². The summed E-state index contributed by atoms with van der Waals surface area (Å²) < 4.78 is 35.8. The third-order valence-electron chi connectivity index (χ3n) is 5.71. The van der Waals surface area contributed by atoms with Crippen molar-refractivity contribution in [1.29, 1.82) is 0 Å². The molecule has 1 atom stereocenters. The van der Waals surface area contributed by atoms with Crippen molar-refractivity contribution in [3.8, 4) is 11.4 Å². The van der Waals surface area contributed by atoms with Crippen LogP contribution < -0.4 is 4.74 Å². The summed E-state index contributed by atoms with van der Waals surface area (Å²) in [6.07, 6.45) is 5.08. The van der Waals surface area contributed by atoms with Gasteiger partial charge < -0.3 is 9.72 Å². The van der Waals surface area contributed by atoms with Crippen LogP contribution in [0, 0.1) is 0 Å². The van der Waals surface area contributed by atoms with Gasteiger partial charge in [-0.3, -0.25) is 0 Å². The summed E-state index contributed by atoms with van der Waals surface area (Å²) in [5.74, 6) is 1.16. The van der Waals surface area contributed by atoms with Gasteiger partial charge in [0.05, 0.1) is 23.8 Å². The molecule has 160 valence electrons. The van der Waals surface area contributed by atoms with Crippen LogP contribution in [0.3, 0.4) is 0 Å². The number of benzene rings is 2. The molecule has 1 aliphatic rings. The van der Waals surface area contributed by atoms with E-state index in [0.717, 1.165) is 29.7 Å². The van der Waals surface area contributed by atoms with Gasteiger partial charge in [-0.1, -0.05) is 12.1 Å². The van der Waals surface area contributed by atoms with Gasteiger partial charge in [0.1, 0.15) is 16.5 Å². The first-order valence-corrected chi connectivity index (χ1v) is 11.6. The van der Waals surface area contributed by atoms with E-state index in [1.165, 1.54) is 7.11 Å². The summed E-state index contributed by atoms with van der Waals surface area (Å²) in [5, 5.41) is 4.21. The minimum atomic E-state index is -3.76. The fourth-order valence-corrected chi connectivity index (χ4v) is 5.82. The lowest BCUT2D eigenvalue weighted by Gasteiger charge is -2.31. The molecule has 1 unspecified atom stereocenters. The molecule has 3 heterocycles. The third-order valence-corrected chi connectivity index (χ3v) is 7.60. The van der Waals surface area contributed by atoms with Crippen LogP contribution in [0.2, 0.25) is 0 Å². The van der Waals surface area contributed by atoms with Crippen LogP contribution in [0.15, 0.2) is 65.8 Å². The molecule has 1 saturated heterocycles. The lowest BCUT2D eigenvalue weighted by Crippen LogP contribution is -2.39. The number of hydrogen-bond acceptors (Lipinski definition) is 5. The SMILES string of the molecule is COc1ccc(-n2cccn2)cc1S(=O)(=O)N1CCCC(c2nc3ccccc3[nH]2)C1. The highest BCUT2D eigenvalue weighted by Gasteiger charge is 2.34.